The fourth-order valence-electron chi connectivity index (χ4n) is 0.701. The minimum Gasteiger partial charge on any atom is -0.365 e. The second kappa shape index (κ2) is 3.68. The zero-order valence-electron chi connectivity index (χ0n) is 6.50. The molecule has 0 heterocycles. The van der Waals surface area contributed by atoms with Crippen molar-refractivity contribution >= 4 is 21.9 Å². The lowest BCUT2D eigenvalue weighted by Gasteiger charge is -2.05. The lowest BCUT2D eigenvalue weighted by Crippen LogP contribution is -2.20. The molecule has 0 radical (unpaired) electrons. The fourth-order valence-corrected chi connectivity index (χ4v) is 1.23. The van der Waals surface area contributed by atoms with E-state index in [9.17, 15) is 17.2 Å². The van der Waals surface area contributed by atoms with Crippen molar-refractivity contribution < 1.29 is 21.4 Å². The molecule has 14 heavy (non-hydrogen) atoms. The van der Waals surface area contributed by atoms with Crippen molar-refractivity contribution in [3.63, 3.8) is 0 Å². The first-order valence-corrected chi connectivity index (χ1v) is 5.02. The van der Waals surface area contributed by atoms with Gasteiger partial charge in [-0.3, -0.25) is 0 Å². The van der Waals surface area contributed by atoms with Crippen LogP contribution in [-0.2, 0) is 10.3 Å². The quantitative estimate of drug-likeness (QED) is 0.794. The maximum atomic E-state index is 13.0. The standard InChI is InChI=1S/C6H4ClF2NO3S/c7-3-1-2-4(8)6(5(3)9)13-14(10,11)12/h1-2H,(H2,10,11,12). The summed E-state index contributed by atoms with van der Waals surface area (Å²) in [7, 11) is -4.48. The third kappa shape index (κ3) is 2.53. The van der Waals surface area contributed by atoms with Crippen LogP contribution in [0.5, 0.6) is 5.75 Å². The molecular weight excluding hydrogens is 240 g/mol. The number of nitrogens with two attached hydrogens (primary N) is 1. The van der Waals surface area contributed by atoms with Crippen LogP contribution >= 0.6 is 11.6 Å². The molecule has 0 unspecified atom stereocenters. The van der Waals surface area contributed by atoms with Gasteiger partial charge in [0.05, 0.1) is 5.02 Å². The van der Waals surface area contributed by atoms with Crippen molar-refractivity contribution in [3.05, 3.63) is 28.8 Å². The maximum absolute atomic E-state index is 13.0. The maximum Gasteiger partial charge on any atom is 0.380 e. The van der Waals surface area contributed by atoms with Crippen LogP contribution in [0.4, 0.5) is 8.78 Å². The van der Waals surface area contributed by atoms with E-state index in [1.807, 2.05) is 0 Å². The first-order valence-electron chi connectivity index (χ1n) is 3.17. The predicted molar refractivity (Wildman–Crippen MR) is 45.1 cm³/mol. The van der Waals surface area contributed by atoms with Gasteiger partial charge in [-0.25, -0.2) is 8.78 Å². The van der Waals surface area contributed by atoms with E-state index in [0.717, 1.165) is 12.1 Å². The Hall–Kier alpha value is -0.920. The summed E-state index contributed by atoms with van der Waals surface area (Å²) in [4.78, 5) is 0. The van der Waals surface area contributed by atoms with Gasteiger partial charge < -0.3 is 4.18 Å². The molecule has 4 nitrogen and oxygen atoms in total. The van der Waals surface area contributed by atoms with Crippen LogP contribution in [0.3, 0.4) is 0 Å². The van der Waals surface area contributed by atoms with Crippen molar-refractivity contribution in [2.75, 3.05) is 0 Å². The molecule has 0 aliphatic heterocycles. The largest absolute Gasteiger partial charge is 0.380 e. The first kappa shape index (κ1) is 11.2. The van der Waals surface area contributed by atoms with Crippen molar-refractivity contribution in [2.45, 2.75) is 0 Å². The highest BCUT2D eigenvalue weighted by atomic mass is 35.5. The Kier molecular flexibility index (Phi) is 2.93. The Morgan fingerprint density at radius 1 is 1.36 bits per heavy atom. The van der Waals surface area contributed by atoms with E-state index in [2.05, 4.69) is 9.32 Å². The minimum atomic E-state index is -4.48. The van der Waals surface area contributed by atoms with E-state index in [0.29, 0.717) is 0 Å². The van der Waals surface area contributed by atoms with Crippen LogP contribution in [0.2, 0.25) is 5.02 Å². The molecule has 1 aromatic carbocycles. The van der Waals surface area contributed by atoms with Crippen molar-refractivity contribution in [1.82, 2.24) is 0 Å². The molecule has 0 aliphatic rings. The molecule has 0 saturated carbocycles. The molecule has 0 atom stereocenters. The molecule has 78 valence electrons. The molecule has 0 fully saturated rings. The third-order valence-electron chi connectivity index (χ3n) is 1.20. The Morgan fingerprint density at radius 3 is 2.43 bits per heavy atom. The average molecular weight is 244 g/mol. The number of hydrogen-bond acceptors (Lipinski definition) is 3. The van der Waals surface area contributed by atoms with E-state index in [-0.39, 0.29) is 0 Å². The van der Waals surface area contributed by atoms with Gasteiger partial charge in [-0.2, -0.15) is 13.6 Å². The monoisotopic (exact) mass is 243 g/mol. The van der Waals surface area contributed by atoms with Gasteiger partial charge in [0.1, 0.15) is 0 Å². The zero-order valence-corrected chi connectivity index (χ0v) is 8.07. The summed E-state index contributed by atoms with van der Waals surface area (Å²) in [6.45, 7) is 0. The van der Waals surface area contributed by atoms with Crippen molar-refractivity contribution in [1.29, 1.82) is 0 Å². The van der Waals surface area contributed by atoms with E-state index < -0.39 is 32.7 Å². The van der Waals surface area contributed by atoms with Gasteiger partial charge >= 0.3 is 10.3 Å². The number of benzene rings is 1. The van der Waals surface area contributed by atoms with Crippen LogP contribution in [0.15, 0.2) is 12.1 Å². The minimum absolute atomic E-state index is 0.468. The highest BCUT2D eigenvalue weighted by Crippen LogP contribution is 2.28. The molecule has 0 bridgehead atoms. The lowest BCUT2D eigenvalue weighted by atomic mass is 10.3. The van der Waals surface area contributed by atoms with Gasteiger partial charge in [-0.05, 0) is 12.1 Å². The summed E-state index contributed by atoms with van der Waals surface area (Å²) < 4.78 is 50.4. The van der Waals surface area contributed by atoms with Gasteiger partial charge in [0.25, 0.3) is 0 Å². The molecule has 2 N–H and O–H groups in total. The highest BCUT2D eigenvalue weighted by molar-refractivity contribution is 7.84. The summed E-state index contributed by atoms with van der Waals surface area (Å²) in [5.74, 6) is -3.67. The molecule has 1 aromatic rings. The number of rotatable bonds is 2. The SMILES string of the molecule is NS(=O)(=O)Oc1c(F)ccc(Cl)c1F. The van der Waals surface area contributed by atoms with Gasteiger partial charge in [0, 0.05) is 0 Å². The van der Waals surface area contributed by atoms with E-state index in [1.54, 1.807) is 0 Å². The second-order valence-electron chi connectivity index (χ2n) is 2.25. The lowest BCUT2D eigenvalue weighted by molar-refractivity contribution is 0.435. The van der Waals surface area contributed by atoms with Gasteiger partial charge in [0.15, 0.2) is 11.6 Å². The Labute approximate surface area is 83.5 Å². The fraction of sp³-hybridized carbons (Fsp3) is 0. The Balaban J connectivity index is 3.27. The summed E-state index contributed by atoms with van der Waals surface area (Å²) >= 11 is 5.26. The smallest absolute Gasteiger partial charge is 0.365 e. The zero-order chi connectivity index (χ0) is 10.9. The topological polar surface area (TPSA) is 69.4 Å². The van der Waals surface area contributed by atoms with E-state index in [4.69, 9.17) is 11.6 Å². The molecule has 0 aliphatic carbocycles. The van der Waals surface area contributed by atoms with E-state index in [1.165, 1.54) is 0 Å². The average Bonchev–Trinajstić information content (AvgIpc) is 2.04. The van der Waals surface area contributed by atoms with Crippen molar-refractivity contribution in [3.8, 4) is 5.75 Å². The third-order valence-corrected chi connectivity index (χ3v) is 1.89. The Morgan fingerprint density at radius 2 is 1.93 bits per heavy atom. The van der Waals surface area contributed by atoms with Gasteiger partial charge in [0.2, 0.25) is 5.75 Å². The van der Waals surface area contributed by atoms with Crippen molar-refractivity contribution in [2.24, 2.45) is 5.14 Å². The first-order chi connectivity index (χ1) is 6.31. The highest BCUT2D eigenvalue weighted by Gasteiger charge is 2.18. The van der Waals surface area contributed by atoms with Crippen LogP contribution in [-0.4, -0.2) is 8.42 Å². The molecule has 0 spiro atoms. The second-order valence-corrected chi connectivity index (χ2v) is 3.81. The van der Waals surface area contributed by atoms with Crippen LogP contribution in [0.1, 0.15) is 0 Å². The number of halogens is 3. The predicted octanol–water partition coefficient (Wildman–Crippen LogP) is 1.20. The Bertz CT molecular complexity index is 462. The molecule has 0 amide bonds. The van der Waals surface area contributed by atoms with Gasteiger partial charge in [-0.15, -0.1) is 0 Å². The molecule has 1 rings (SSSR count). The summed E-state index contributed by atoms with van der Waals surface area (Å²) in [5, 5.41) is 3.96. The summed E-state index contributed by atoms with van der Waals surface area (Å²) in [6.07, 6.45) is 0. The molecule has 0 saturated heterocycles. The van der Waals surface area contributed by atoms with E-state index >= 15 is 0 Å². The van der Waals surface area contributed by atoms with Gasteiger partial charge in [-0.1, -0.05) is 11.6 Å². The number of hydrogen-bond donors (Lipinski definition) is 1. The normalized spacial score (nSPS) is 11.4. The molecular formula is C6H4ClF2NO3S. The molecule has 0 aromatic heterocycles. The summed E-state index contributed by atoms with van der Waals surface area (Å²) in [6, 6.07) is 1.67. The summed E-state index contributed by atoms with van der Waals surface area (Å²) in [5.41, 5.74) is 0. The van der Waals surface area contributed by atoms with Crippen LogP contribution in [0.25, 0.3) is 0 Å². The van der Waals surface area contributed by atoms with Crippen LogP contribution < -0.4 is 9.32 Å². The molecule has 8 heteroatoms. The van der Waals surface area contributed by atoms with Crippen LogP contribution in [0, 0.1) is 11.6 Å².